The number of rotatable bonds is 10. The van der Waals surface area contributed by atoms with E-state index in [0.717, 1.165) is 32.3 Å². The third kappa shape index (κ3) is 6.22. The van der Waals surface area contributed by atoms with Crippen LogP contribution in [0.5, 0.6) is 0 Å². The van der Waals surface area contributed by atoms with Gasteiger partial charge in [0.2, 0.25) is 0 Å². The number of benzene rings is 4. The van der Waals surface area contributed by atoms with Gasteiger partial charge in [-0.05, 0) is 0 Å². The Morgan fingerprint density at radius 3 is 1.83 bits per heavy atom. The SMILES string of the molecule is CCOC(=O)C(C[C@H](NC1(c2ccccc2)c2ccccc2-c2ccccc21)C(=O)OC(C)(C)C)[Se]c1ccccc1. The monoisotopic (exact) mass is 627 g/mol. The summed E-state index contributed by atoms with van der Waals surface area (Å²) >= 11 is -0.263. The molecule has 1 aliphatic rings. The van der Waals surface area contributed by atoms with E-state index in [9.17, 15) is 9.59 Å². The van der Waals surface area contributed by atoms with Gasteiger partial charge in [0, 0.05) is 0 Å². The number of fused-ring (bicyclic) bond motifs is 3. The zero-order chi connectivity index (χ0) is 29.7. The van der Waals surface area contributed by atoms with Gasteiger partial charge in [-0.2, -0.15) is 0 Å². The van der Waals surface area contributed by atoms with Crippen molar-refractivity contribution in [2.75, 3.05) is 6.61 Å². The van der Waals surface area contributed by atoms with Crippen molar-refractivity contribution in [2.45, 2.75) is 56.1 Å². The van der Waals surface area contributed by atoms with E-state index in [4.69, 9.17) is 9.47 Å². The molecule has 1 aliphatic carbocycles. The van der Waals surface area contributed by atoms with Crippen LogP contribution >= 0.6 is 0 Å². The van der Waals surface area contributed by atoms with Gasteiger partial charge in [-0.15, -0.1) is 0 Å². The molecule has 0 saturated carbocycles. The van der Waals surface area contributed by atoms with Crippen molar-refractivity contribution in [3.63, 3.8) is 0 Å². The predicted octanol–water partition coefficient (Wildman–Crippen LogP) is 6.03. The van der Waals surface area contributed by atoms with E-state index < -0.39 is 28.0 Å². The molecule has 5 nitrogen and oxygen atoms in total. The zero-order valence-electron chi connectivity index (χ0n) is 24.5. The van der Waals surface area contributed by atoms with E-state index in [1.807, 2.05) is 100 Å². The second-order valence-electron chi connectivity index (χ2n) is 11.3. The van der Waals surface area contributed by atoms with Crippen LogP contribution in [0.25, 0.3) is 11.1 Å². The third-order valence-electron chi connectivity index (χ3n) is 7.26. The van der Waals surface area contributed by atoms with Gasteiger partial charge in [0.25, 0.3) is 0 Å². The number of ether oxygens (including phenoxy) is 2. The van der Waals surface area contributed by atoms with Crippen molar-refractivity contribution < 1.29 is 19.1 Å². The molecule has 0 spiro atoms. The molecule has 0 fully saturated rings. The summed E-state index contributed by atoms with van der Waals surface area (Å²) in [7, 11) is 0. The quantitative estimate of drug-likeness (QED) is 0.172. The fraction of sp³-hybridized carbons (Fsp3) is 0.278. The van der Waals surface area contributed by atoms with Crippen LogP contribution in [0.15, 0.2) is 109 Å². The van der Waals surface area contributed by atoms with Crippen LogP contribution in [0, 0.1) is 0 Å². The van der Waals surface area contributed by atoms with Crippen LogP contribution in [-0.2, 0) is 24.6 Å². The predicted molar refractivity (Wildman–Crippen MR) is 168 cm³/mol. The van der Waals surface area contributed by atoms with E-state index in [1.54, 1.807) is 0 Å². The van der Waals surface area contributed by atoms with Crippen LogP contribution in [0.1, 0.15) is 50.8 Å². The van der Waals surface area contributed by atoms with Crippen molar-refractivity contribution in [2.24, 2.45) is 0 Å². The molecule has 2 atom stereocenters. The Morgan fingerprint density at radius 2 is 1.29 bits per heavy atom. The van der Waals surface area contributed by atoms with E-state index in [-0.39, 0.29) is 34.0 Å². The van der Waals surface area contributed by atoms with Gasteiger partial charge in [-0.25, -0.2) is 0 Å². The number of hydrogen-bond acceptors (Lipinski definition) is 5. The molecule has 216 valence electrons. The Morgan fingerprint density at radius 1 is 0.762 bits per heavy atom. The van der Waals surface area contributed by atoms with Crippen LogP contribution in [0.4, 0.5) is 0 Å². The Labute approximate surface area is 254 Å². The molecule has 5 rings (SSSR count). The fourth-order valence-electron chi connectivity index (χ4n) is 5.63. The number of carbonyl (C=O) groups is 2. The maximum atomic E-state index is 14.1. The van der Waals surface area contributed by atoms with Crippen LogP contribution in [0.3, 0.4) is 0 Å². The second-order valence-corrected chi connectivity index (χ2v) is 14.0. The Kier molecular flexibility index (Phi) is 8.98. The average Bonchev–Trinajstić information content (AvgIpc) is 3.27. The molecule has 0 heterocycles. The summed E-state index contributed by atoms with van der Waals surface area (Å²) in [6.07, 6.45) is 0.238. The minimum atomic E-state index is -0.838. The molecule has 1 N–H and O–H groups in total. The molecule has 4 aromatic rings. The van der Waals surface area contributed by atoms with Crippen molar-refractivity contribution in [1.29, 1.82) is 0 Å². The van der Waals surface area contributed by atoms with Gasteiger partial charge in [0.15, 0.2) is 0 Å². The van der Waals surface area contributed by atoms with Crippen molar-refractivity contribution in [3.05, 3.63) is 126 Å². The number of nitrogens with one attached hydrogen (secondary N) is 1. The molecule has 0 aliphatic heterocycles. The normalized spacial score (nSPS) is 14.8. The Balaban J connectivity index is 1.64. The first kappa shape index (κ1) is 29.8. The summed E-state index contributed by atoms with van der Waals surface area (Å²) in [5.41, 5.74) is 3.82. The third-order valence-corrected chi connectivity index (χ3v) is 9.81. The second kappa shape index (κ2) is 12.7. The standard InChI is InChI=1S/C36H37NO4Se/c1-5-40-34(39)32(42-26-18-10-7-11-19-26)24-31(33(38)41-35(2,3)4)37-36(25-16-8-6-9-17-25)29-22-14-12-20-27(29)28-21-13-15-23-30(28)36/h6-23,31-32,37H,5,24H2,1-4H3/t31-,32?/m0/s1. The summed E-state index contributed by atoms with van der Waals surface area (Å²) in [5.74, 6) is -0.685. The van der Waals surface area contributed by atoms with E-state index >= 15 is 0 Å². The topological polar surface area (TPSA) is 64.6 Å². The van der Waals surface area contributed by atoms with Crippen LogP contribution in [-0.4, -0.2) is 45.1 Å². The molecule has 4 aromatic carbocycles. The Hall–Kier alpha value is -3.70. The molecule has 0 bridgehead atoms. The molecule has 0 aromatic heterocycles. The summed E-state index contributed by atoms with van der Waals surface area (Å²) < 4.78 is 12.6. The van der Waals surface area contributed by atoms with E-state index in [1.165, 1.54) is 0 Å². The fourth-order valence-corrected chi connectivity index (χ4v) is 7.93. The number of hydrogen-bond donors (Lipinski definition) is 1. The van der Waals surface area contributed by atoms with Crippen molar-refractivity contribution >= 4 is 31.4 Å². The van der Waals surface area contributed by atoms with Gasteiger partial charge in [0.1, 0.15) is 0 Å². The van der Waals surface area contributed by atoms with Crippen molar-refractivity contribution in [3.8, 4) is 11.1 Å². The van der Waals surface area contributed by atoms with Gasteiger partial charge in [0.05, 0.1) is 0 Å². The van der Waals surface area contributed by atoms with E-state index in [0.29, 0.717) is 0 Å². The molecular formula is C36H37NO4Se. The summed E-state index contributed by atoms with van der Waals surface area (Å²) in [5, 5.41) is 3.82. The van der Waals surface area contributed by atoms with Crippen LogP contribution in [0.2, 0.25) is 4.82 Å². The maximum absolute atomic E-state index is 14.1. The number of carbonyl (C=O) groups excluding carboxylic acids is 2. The van der Waals surface area contributed by atoms with Crippen molar-refractivity contribution in [1.82, 2.24) is 5.32 Å². The van der Waals surface area contributed by atoms with E-state index in [2.05, 4.69) is 41.7 Å². The molecule has 42 heavy (non-hydrogen) atoms. The summed E-state index contributed by atoms with van der Waals surface area (Å²) in [4.78, 5) is 27.0. The molecular weight excluding hydrogens is 589 g/mol. The molecule has 6 heteroatoms. The average molecular weight is 627 g/mol. The first-order chi connectivity index (χ1) is 20.2. The number of esters is 2. The molecule has 0 amide bonds. The minimum absolute atomic E-state index is 0.238. The first-order valence-electron chi connectivity index (χ1n) is 14.4. The summed E-state index contributed by atoms with van der Waals surface area (Å²) in [6.45, 7) is 7.69. The van der Waals surface area contributed by atoms with Gasteiger partial charge >= 0.3 is 255 Å². The molecule has 1 unspecified atom stereocenters. The Bertz CT molecular complexity index is 1490. The van der Waals surface area contributed by atoms with Gasteiger partial charge in [-0.3, -0.25) is 0 Å². The first-order valence-corrected chi connectivity index (χ1v) is 16.2. The molecule has 0 saturated heterocycles. The van der Waals surface area contributed by atoms with Gasteiger partial charge in [-0.1, -0.05) is 0 Å². The van der Waals surface area contributed by atoms with Crippen LogP contribution < -0.4 is 9.78 Å². The van der Waals surface area contributed by atoms with Gasteiger partial charge < -0.3 is 0 Å². The molecule has 0 radical (unpaired) electrons. The zero-order valence-corrected chi connectivity index (χ0v) is 26.2. The summed E-state index contributed by atoms with van der Waals surface area (Å²) in [6, 6.07) is 36.0.